The largest absolute Gasteiger partial charge is 0.480 e. The predicted molar refractivity (Wildman–Crippen MR) is 68.9 cm³/mol. The summed E-state index contributed by atoms with van der Waals surface area (Å²) in [5, 5.41) is 16.6. The van der Waals surface area contributed by atoms with Gasteiger partial charge in [0.25, 0.3) is 5.71 Å². The Balaban J connectivity index is 2.28. The number of nitrogens with one attached hydrogen (secondary N) is 1. The van der Waals surface area contributed by atoms with Crippen LogP contribution in [0.2, 0.25) is 0 Å². The number of nitrogens with zero attached hydrogens (tertiary/aromatic N) is 3. The Morgan fingerprint density at radius 2 is 2.32 bits per heavy atom. The maximum absolute atomic E-state index is 11.2. The summed E-state index contributed by atoms with van der Waals surface area (Å²) in [7, 11) is 0. The molecule has 2 N–H and O–H groups in total. The number of aromatic nitrogens is 3. The molecule has 0 aromatic carbocycles. The van der Waals surface area contributed by atoms with Crippen LogP contribution in [-0.4, -0.2) is 32.2 Å². The van der Waals surface area contributed by atoms with Gasteiger partial charge in [-0.3, -0.25) is 0 Å². The number of carbonyl (C=O) groups is 1. The van der Waals surface area contributed by atoms with Crippen LogP contribution >= 0.6 is 0 Å². The Bertz CT molecular complexity index is 581. The van der Waals surface area contributed by atoms with Gasteiger partial charge in [-0.15, -0.1) is 0 Å². The predicted octanol–water partition coefficient (Wildman–Crippen LogP) is 1.98. The molecule has 2 aromatic heterocycles. The van der Waals surface area contributed by atoms with Gasteiger partial charge in [-0.05, 0) is 13.3 Å². The van der Waals surface area contributed by atoms with Crippen LogP contribution in [0.15, 0.2) is 10.9 Å². The van der Waals surface area contributed by atoms with E-state index in [0.717, 1.165) is 12.8 Å². The molecule has 1 atom stereocenters. The van der Waals surface area contributed by atoms with Gasteiger partial charge in [0.2, 0.25) is 0 Å². The van der Waals surface area contributed by atoms with Crippen molar-refractivity contribution in [3.63, 3.8) is 0 Å². The van der Waals surface area contributed by atoms with E-state index in [4.69, 9.17) is 4.52 Å². The van der Waals surface area contributed by atoms with Crippen molar-refractivity contribution in [2.24, 2.45) is 0 Å². The molecule has 0 bridgehead atoms. The maximum Gasteiger partial charge on any atom is 0.326 e. The summed E-state index contributed by atoms with van der Waals surface area (Å²) in [5.41, 5.74) is 0.993. The second-order valence-corrected chi connectivity index (χ2v) is 4.35. The number of anilines is 1. The van der Waals surface area contributed by atoms with Crippen molar-refractivity contribution in [2.45, 2.75) is 39.2 Å². The van der Waals surface area contributed by atoms with Crippen molar-refractivity contribution >= 4 is 22.9 Å². The third kappa shape index (κ3) is 2.81. The van der Waals surface area contributed by atoms with Gasteiger partial charge in [-0.2, -0.15) is 4.98 Å². The third-order valence-electron chi connectivity index (χ3n) is 2.90. The molecule has 0 aliphatic rings. The lowest BCUT2D eigenvalue weighted by molar-refractivity contribution is -0.138. The van der Waals surface area contributed by atoms with Crippen LogP contribution in [0, 0.1) is 6.92 Å². The fraction of sp³-hybridized carbons (Fsp3) is 0.500. The van der Waals surface area contributed by atoms with Gasteiger partial charge >= 0.3 is 5.97 Å². The van der Waals surface area contributed by atoms with Crippen molar-refractivity contribution in [3.8, 4) is 0 Å². The molecule has 0 radical (unpaired) electrons. The molecule has 0 fully saturated rings. The summed E-state index contributed by atoms with van der Waals surface area (Å²) in [4.78, 5) is 19.3. The van der Waals surface area contributed by atoms with Crippen LogP contribution in [0.4, 0.5) is 5.82 Å². The Hall–Kier alpha value is -2.18. The van der Waals surface area contributed by atoms with Crippen LogP contribution in [0.25, 0.3) is 11.1 Å². The fourth-order valence-electron chi connectivity index (χ4n) is 1.86. The summed E-state index contributed by atoms with van der Waals surface area (Å²) >= 11 is 0. The van der Waals surface area contributed by atoms with Gasteiger partial charge in [0.15, 0.2) is 0 Å². The molecule has 7 nitrogen and oxygen atoms in total. The van der Waals surface area contributed by atoms with E-state index in [-0.39, 0.29) is 0 Å². The molecule has 0 saturated carbocycles. The van der Waals surface area contributed by atoms with E-state index < -0.39 is 12.0 Å². The Labute approximate surface area is 110 Å². The zero-order valence-corrected chi connectivity index (χ0v) is 10.9. The Morgan fingerprint density at radius 1 is 1.53 bits per heavy atom. The number of fused-ring (bicyclic) bond motifs is 1. The lowest BCUT2D eigenvalue weighted by Crippen LogP contribution is -2.29. The van der Waals surface area contributed by atoms with Crippen LogP contribution < -0.4 is 5.32 Å². The average Bonchev–Trinajstić information content (AvgIpc) is 2.77. The lowest BCUT2D eigenvalue weighted by Gasteiger charge is -2.14. The highest BCUT2D eigenvalue weighted by atomic mass is 16.5. The van der Waals surface area contributed by atoms with Crippen LogP contribution in [0.3, 0.4) is 0 Å². The van der Waals surface area contributed by atoms with E-state index in [2.05, 4.69) is 20.4 Å². The van der Waals surface area contributed by atoms with Crippen molar-refractivity contribution < 1.29 is 14.4 Å². The van der Waals surface area contributed by atoms with Crippen molar-refractivity contribution in [2.75, 3.05) is 5.32 Å². The van der Waals surface area contributed by atoms with Gasteiger partial charge in [-0.1, -0.05) is 24.9 Å². The monoisotopic (exact) mass is 264 g/mol. The summed E-state index contributed by atoms with van der Waals surface area (Å²) in [6, 6.07) is -0.674. The van der Waals surface area contributed by atoms with E-state index in [1.54, 1.807) is 6.92 Å². The lowest BCUT2D eigenvalue weighted by atomic mass is 10.1. The van der Waals surface area contributed by atoms with Crippen LogP contribution in [0.1, 0.15) is 31.9 Å². The number of carboxylic acid groups (broad SMARTS) is 1. The molecule has 0 saturated heterocycles. The molecule has 0 aliphatic carbocycles. The summed E-state index contributed by atoms with van der Waals surface area (Å²) < 4.78 is 5.02. The van der Waals surface area contributed by atoms with Gasteiger partial charge in [-0.25, -0.2) is 9.78 Å². The fourth-order valence-corrected chi connectivity index (χ4v) is 1.86. The Kier molecular flexibility index (Phi) is 3.94. The Morgan fingerprint density at radius 3 is 3.00 bits per heavy atom. The molecule has 0 spiro atoms. The summed E-state index contributed by atoms with van der Waals surface area (Å²) in [6.07, 6.45) is 3.65. The van der Waals surface area contributed by atoms with Crippen molar-refractivity contribution in [1.82, 2.24) is 15.1 Å². The van der Waals surface area contributed by atoms with E-state index in [1.807, 2.05) is 6.92 Å². The molecular weight excluding hydrogens is 248 g/mol. The quantitative estimate of drug-likeness (QED) is 0.822. The van der Waals surface area contributed by atoms with Crippen LogP contribution in [-0.2, 0) is 4.79 Å². The summed E-state index contributed by atoms with van der Waals surface area (Å²) in [6.45, 7) is 3.79. The van der Waals surface area contributed by atoms with E-state index in [9.17, 15) is 9.90 Å². The molecule has 2 aromatic rings. The highest BCUT2D eigenvalue weighted by Crippen LogP contribution is 2.23. The number of unbranched alkanes of at least 4 members (excludes halogenated alkanes) is 1. The molecule has 7 heteroatoms. The van der Waals surface area contributed by atoms with E-state index >= 15 is 0 Å². The minimum atomic E-state index is -0.894. The van der Waals surface area contributed by atoms with E-state index in [0.29, 0.717) is 29.0 Å². The van der Waals surface area contributed by atoms with Gasteiger partial charge < -0.3 is 14.9 Å². The molecule has 0 aliphatic heterocycles. The molecule has 2 rings (SSSR count). The zero-order chi connectivity index (χ0) is 13.8. The number of hydrogen-bond donors (Lipinski definition) is 2. The first-order valence-electron chi connectivity index (χ1n) is 6.19. The molecule has 1 unspecified atom stereocenters. The zero-order valence-electron chi connectivity index (χ0n) is 10.9. The number of aryl methyl sites for hydroxylation is 1. The standard InChI is InChI=1S/C12H16N4O3/c1-3-4-5-8(12(17)18)15-10-9-7(2)16-19-11(9)14-6-13-10/h6,8H,3-5H2,1-2H3,(H,17,18)(H,13,14,15). The SMILES string of the molecule is CCCCC(Nc1ncnc2onc(C)c12)C(=O)O. The molecule has 2 heterocycles. The highest BCUT2D eigenvalue weighted by molar-refractivity contribution is 5.89. The van der Waals surface area contributed by atoms with Gasteiger partial charge in [0.1, 0.15) is 23.6 Å². The number of hydrogen-bond acceptors (Lipinski definition) is 6. The van der Waals surface area contributed by atoms with Crippen molar-refractivity contribution in [1.29, 1.82) is 0 Å². The maximum atomic E-state index is 11.2. The summed E-state index contributed by atoms with van der Waals surface area (Å²) in [5.74, 6) is -0.443. The molecule has 19 heavy (non-hydrogen) atoms. The normalized spacial score (nSPS) is 12.5. The van der Waals surface area contributed by atoms with E-state index in [1.165, 1.54) is 6.33 Å². The molecule has 102 valence electrons. The molecule has 0 amide bonds. The highest BCUT2D eigenvalue weighted by Gasteiger charge is 2.20. The van der Waals surface area contributed by atoms with Crippen LogP contribution in [0.5, 0.6) is 0 Å². The first-order chi connectivity index (χ1) is 9.13. The topological polar surface area (TPSA) is 101 Å². The number of rotatable bonds is 6. The van der Waals surface area contributed by atoms with Gasteiger partial charge in [0, 0.05) is 0 Å². The number of carboxylic acids is 1. The average molecular weight is 264 g/mol. The van der Waals surface area contributed by atoms with Gasteiger partial charge in [0.05, 0.1) is 5.69 Å². The second kappa shape index (κ2) is 5.64. The first-order valence-corrected chi connectivity index (χ1v) is 6.19. The van der Waals surface area contributed by atoms with Crippen molar-refractivity contribution in [3.05, 3.63) is 12.0 Å². The molecular formula is C12H16N4O3. The minimum Gasteiger partial charge on any atom is -0.480 e. The smallest absolute Gasteiger partial charge is 0.326 e. The minimum absolute atomic E-state index is 0.356. The second-order valence-electron chi connectivity index (χ2n) is 4.35. The number of aliphatic carboxylic acids is 1. The first kappa shape index (κ1) is 13.3. The third-order valence-corrected chi connectivity index (χ3v) is 2.90.